The Bertz CT molecular complexity index is 862. The number of nitrogens with zero attached hydrogens (tertiary/aromatic N) is 2. The first kappa shape index (κ1) is 18.0. The third-order valence-electron chi connectivity index (χ3n) is 4.21. The molecule has 2 aromatic carbocycles. The molecule has 3 rings (SSSR count). The van der Waals surface area contributed by atoms with Crippen LogP contribution in [-0.2, 0) is 11.0 Å². The Kier molecular flexibility index (Phi) is 4.71. The number of rotatable bonds is 3. The topological polar surface area (TPSA) is 41.9 Å². The lowest BCUT2D eigenvalue weighted by molar-refractivity contribution is -0.137. The Morgan fingerprint density at radius 1 is 1.15 bits per heavy atom. The Labute approximate surface area is 148 Å². The minimum Gasteiger partial charge on any atom is -0.494 e. The summed E-state index contributed by atoms with van der Waals surface area (Å²) in [6.07, 6.45) is -4.19. The van der Waals surface area contributed by atoms with Crippen LogP contribution in [0.25, 0.3) is 0 Å². The Morgan fingerprint density at radius 2 is 1.88 bits per heavy atom. The van der Waals surface area contributed by atoms with E-state index in [4.69, 9.17) is 4.74 Å². The fraction of sp³-hybridized carbons (Fsp3) is 0.263. The minimum absolute atomic E-state index is 0.270. The second kappa shape index (κ2) is 6.82. The van der Waals surface area contributed by atoms with Crippen LogP contribution in [-0.4, -0.2) is 18.7 Å². The van der Waals surface area contributed by atoms with Crippen LogP contribution in [0.15, 0.2) is 53.6 Å². The molecule has 1 heterocycles. The number of halogens is 3. The standard InChI is InChI=1S/C19H17F3N2O2/c1-12-10-15(13-6-5-7-14(11-13)19(20,21)22)18(25)24(23-12)16-8-3-4-9-17(16)26-2/h3-9,11,15H,10H2,1-2H3. The lowest BCUT2D eigenvalue weighted by Crippen LogP contribution is -2.37. The van der Waals surface area contributed by atoms with Crippen molar-refractivity contribution in [1.82, 2.24) is 0 Å². The van der Waals surface area contributed by atoms with E-state index < -0.39 is 17.7 Å². The molecular formula is C19H17F3N2O2. The van der Waals surface area contributed by atoms with E-state index in [-0.39, 0.29) is 12.3 Å². The SMILES string of the molecule is COc1ccccc1N1N=C(C)CC(c2cccc(C(F)(F)F)c2)C1=O. The summed E-state index contributed by atoms with van der Waals surface area (Å²) in [5, 5.41) is 5.50. The molecule has 0 aliphatic carbocycles. The van der Waals surface area contributed by atoms with Crippen LogP contribution in [0.4, 0.5) is 18.9 Å². The highest BCUT2D eigenvalue weighted by Gasteiger charge is 2.35. The van der Waals surface area contributed by atoms with Gasteiger partial charge >= 0.3 is 6.18 Å². The molecule has 0 fully saturated rings. The second-order valence-corrected chi connectivity index (χ2v) is 6.04. The first-order chi connectivity index (χ1) is 12.3. The summed E-state index contributed by atoms with van der Waals surface area (Å²) in [6.45, 7) is 1.75. The van der Waals surface area contributed by atoms with Gasteiger partial charge in [-0.15, -0.1) is 0 Å². The molecule has 0 aromatic heterocycles. The first-order valence-corrected chi connectivity index (χ1v) is 7.99. The van der Waals surface area contributed by atoms with Gasteiger partial charge in [0, 0.05) is 12.1 Å². The van der Waals surface area contributed by atoms with E-state index in [1.54, 1.807) is 31.2 Å². The van der Waals surface area contributed by atoms with Gasteiger partial charge in [-0.2, -0.15) is 23.3 Å². The zero-order valence-corrected chi connectivity index (χ0v) is 14.2. The molecule has 0 bridgehead atoms. The summed E-state index contributed by atoms with van der Waals surface area (Å²) >= 11 is 0. The summed E-state index contributed by atoms with van der Waals surface area (Å²) in [6, 6.07) is 11.8. The van der Waals surface area contributed by atoms with Gasteiger partial charge in [-0.25, -0.2) is 0 Å². The van der Waals surface area contributed by atoms with E-state index >= 15 is 0 Å². The third kappa shape index (κ3) is 3.42. The van der Waals surface area contributed by atoms with Gasteiger partial charge in [0.25, 0.3) is 5.91 Å². The number of ether oxygens (including phenoxy) is 1. The van der Waals surface area contributed by atoms with Crippen LogP contribution in [0.3, 0.4) is 0 Å². The number of amides is 1. The van der Waals surface area contributed by atoms with E-state index in [1.165, 1.54) is 24.3 Å². The zero-order chi connectivity index (χ0) is 18.9. The van der Waals surface area contributed by atoms with Gasteiger partial charge < -0.3 is 4.74 Å². The van der Waals surface area contributed by atoms with Gasteiger partial charge in [-0.05, 0) is 30.7 Å². The molecule has 4 nitrogen and oxygen atoms in total. The fourth-order valence-electron chi connectivity index (χ4n) is 2.96. The number of alkyl halides is 3. The molecule has 1 aliphatic heterocycles. The molecule has 0 saturated carbocycles. The minimum atomic E-state index is -4.46. The Hall–Kier alpha value is -2.83. The molecular weight excluding hydrogens is 345 g/mol. The van der Waals surface area contributed by atoms with Gasteiger partial charge in [0.05, 0.1) is 18.6 Å². The van der Waals surface area contributed by atoms with Crippen molar-refractivity contribution in [3.63, 3.8) is 0 Å². The number of carbonyl (C=O) groups is 1. The average molecular weight is 362 g/mol. The normalized spacial score (nSPS) is 17.9. The van der Waals surface area contributed by atoms with E-state index in [0.29, 0.717) is 22.7 Å². The van der Waals surface area contributed by atoms with Gasteiger partial charge in [0.15, 0.2) is 0 Å². The molecule has 2 aromatic rings. The molecule has 1 unspecified atom stereocenters. The van der Waals surface area contributed by atoms with Crippen molar-refractivity contribution in [2.24, 2.45) is 5.10 Å². The number of hydrazone groups is 1. The highest BCUT2D eigenvalue weighted by molar-refractivity contribution is 6.06. The molecule has 136 valence electrons. The summed E-state index contributed by atoms with van der Waals surface area (Å²) < 4.78 is 44.3. The predicted molar refractivity (Wildman–Crippen MR) is 92.4 cm³/mol. The second-order valence-electron chi connectivity index (χ2n) is 6.04. The van der Waals surface area contributed by atoms with E-state index in [9.17, 15) is 18.0 Å². The zero-order valence-electron chi connectivity index (χ0n) is 14.2. The number of hydrogen-bond acceptors (Lipinski definition) is 3. The fourth-order valence-corrected chi connectivity index (χ4v) is 2.96. The maximum atomic E-state index is 13.0. The number of carbonyl (C=O) groups excluding carboxylic acids is 1. The van der Waals surface area contributed by atoms with E-state index in [0.717, 1.165) is 12.1 Å². The summed E-state index contributed by atoms with van der Waals surface area (Å²) in [5.74, 6) is -0.666. The highest BCUT2D eigenvalue weighted by Crippen LogP contribution is 2.37. The monoisotopic (exact) mass is 362 g/mol. The summed E-state index contributed by atoms with van der Waals surface area (Å²) in [7, 11) is 1.48. The van der Waals surface area contributed by atoms with Crippen molar-refractivity contribution in [2.75, 3.05) is 12.1 Å². The van der Waals surface area contributed by atoms with Crippen LogP contribution in [0, 0.1) is 0 Å². The molecule has 1 atom stereocenters. The summed E-state index contributed by atoms with van der Waals surface area (Å²) in [4.78, 5) is 13.0. The van der Waals surface area contributed by atoms with Crippen molar-refractivity contribution in [1.29, 1.82) is 0 Å². The first-order valence-electron chi connectivity index (χ1n) is 7.99. The number of hydrogen-bond donors (Lipinski definition) is 0. The van der Waals surface area contributed by atoms with Gasteiger partial charge in [-0.3, -0.25) is 4.79 Å². The van der Waals surface area contributed by atoms with Gasteiger partial charge in [0.1, 0.15) is 11.4 Å². The molecule has 1 aliphatic rings. The number of anilines is 1. The molecule has 7 heteroatoms. The Balaban J connectivity index is 2.01. The molecule has 0 N–H and O–H groups in total. The maximum absolute atomic E-state index is 13.0. The number of benzene rings is 2. The quantitative estimate of drug-likeness (QED) is 0.800. The predicted octanol–water partition coefficient (Wildman–Crippen LogP) is 4.61. The third-order valence-corrected chi connectivity index (χ3v) is 4.21. The van der Waals surface area contributed by atoms with Gasteiger partial charge in [-0.1, -0.05) is 30.3 Å². The highest BCUT2D eigenvalue weighted by atomic mass is 19.4. The van der Waals surface area contributed by atoms with Crippen molar-refractivity contribution in [3.05, 3.63) is 59.7 Å². The lowest BCUT2D eigenvalue weighted by Gasteiger charge is -2.29. The van der Waals surface area contributed by atoms with Crippen molar-refractivity contribution in [2.45, 2.75) is 25.4 Å². The Morgan fingerprint density at radius 3 is 2.58 bits per heavy atom. The molecule has 26 heavy (non-hydrogen) atoms. The average Bonchev–Trinajstić information content (AvgIpc) is 2.62. The van der Waals surface area contributed by atoms with Crippen LogP contribution in [0.2, 0.25) is 0 Å². The van der Waals surface area contributed by atoms with Crippen molar-refractivity contribution in [3.8, 4) is 5.75 Å². The summed E-state index contributed by atoms with van der Waals surface area (Å²) in [5.41, 5.74) is 0.653. The maximum Gasteiger partial charge on any atom is 0.416 e. The van der Waals surface area contributed by atoms with E-state index in [1.807, 2.05) is 0 Å². The lowest BCUT2D eigenvalue weighted by atomic mass is 9.90. The molecule has 0 saturated heterocycles. The smallest absolute Gasteiger partial charge is 0.416 e. The largest absolute Gasteiger partial charge is 0.494 e. The van der Waals surface area contributed by atoms with Crippen LogP contribution in [0.5, 0.6) is 5.75 Å². The van der Waals surface area contributed by atoms with Crippen molar-refractivity contribution < 1.29 is 22.7 Å². The van der Waals surface area contributed by atoms with E-state index in [2.05, 4.69) is 5.10 Å². The molecule has 0 radical (unpaired) electrons. The van der Waals surface area contributed by atoms with Crippen LogP contribution in [0.1, 0.15) is 30.4 Å². The molecule has 0 spiro atoms. The number of para-hydroxylation sites is 2. The number of methoxy groups -OCH3 is 1. The van der Waals surface area contributed by atoms with Crippen molar-refractivity contribution >= 4 is 17.3 Å². The molecule has 1 amide bonds. The van der Waals surface area contributed by atoms with Gasteiger partial charge in [0.2, 0.25) is 0 Å². The van der Waals surface area contributed by atoms with Crippen LogP contribution < -0.4 is 9.75 Å². The van der Waals surface area contributed by atoms with Crippen LogP contribution >= 0.6 is 0 Å².